The average Bonchev–Trinajstić information content (AvgIpc) is 2.43. The fourth-order valence-corrected chi connectivity index (χ4v) is 3.69. The molecule has 1 heterocycles. The standard InChI is InChI=1S/C17H34N2O/c1-15(2)20-12-8-7-11-19-14-17(18-13-16(19)3)9-5-4-6-10-17/h15-16,18H,4-14H2,1-3H3. The van der Waals surface area contributed by atoms with Crippen LogP contribution < -0.4 is 5.32 Å². The average molecular weight is 282 g/mol. The molecule has 1 aliphatic heterocycles. The van der Waals surface area contributed by atoms with Crippen LogP contribution in [-0.4, -0.2) is 48.8 Å². The number of nitrogens with one attached hydrogen (secondary N) is 1. The lowest BCUT2D eigenvalue weighted by Gasteiger charge is -2.49. The van der Waals surface area contributed by atoms with Crippen molar-refractivity contribution in [3.05, 3.63) is 0 Å². The Labute approximate surface area is 125 Å². The monoisotopic (exact) mass is 282 g/mol. The van der Waals surface area contributed by atoms with Crippen LogP contribution in [0, 0.1) is 0 Å². The number of unbranched alkanes of at least 4 members (excludes halogenated alkanes) is 1. The van der Waals surface area contributed by atoms with Gasteiger partial charge in [0.25, 0.3) is 0 Å². The van der Waals surface area contributed by atoms with E-state index < -0.39 is 0 Å². The molecule has 2 fully saturated rings. The number of hydrogen-bond acceptors (Lipinski definition) is 3. The van der Waals surface area contributed by atoms with Crippen LogP contribution in [0.5, 0.6) is 0 Å². The Kier molecular flexibility index (Phi) is 6.31. The molecule has 2 aliphatic rings. The van der Waals surface area contributed by atoms with E-state index >= 15 is 0 Å². The first kappa shape index (κ1) is 16.3. The zero-order valence-corrected chi connectivity index (χ0v) is 13.8. The first-order valence-corrected chi connectivity index (χ1v) is 8.72. The van der Waals surface area contributed by atoms with Gasteiger partial charge in [0.05, 0.1) is 6.10 Å². The normalized spacial score (nSPS) is 27.3. The summed E-state index contributed by atoms with van der Waals surface area (Å²) in [5, 5.41) is 3.86. The third-order valence-corrected chi connectivity index (χ3v) is 5.00. The van der Waals surface area contributed by atoms with Crippen molar-refractivity contribution in [3.8, 4) is 0 Å². The molecule has 1 saturated heterocycles. The minimum absolute atomic E-state index is 0.374. The lowest BCUT2D eigenvalue weighted by Crippen LogP contribution is -2.64. The quantitative estimate of drug-likeness (QED) is 0.757. The lowest BCUT2D eigenvalue weighted by molar-refractivity contribution is 0.0519. The second-order valence-electron chi connectivity index (χ2n) is 7.17. The predicted octanol–water partition coefficient (Wildman–Crippen LogP) is 3.19. The first-order chi connectivity index (χ1) is 9.61. The summed E-state index contributed by atoms with van der Waals surface area (Å²) in [4.78, 5) is 2.72. The molecule has 0 aromatic heterocycles. The van der Waals surface area contributed by atoms with Crippen LogP contribution in [0.3, 0.4) is 0 Å². The van der Waals surface area contributed by atoms with Crippen molar-refractivity contribution in [2.45, 2.75) is 83.4 Å². The highest BCUT2D eigenvalue weighted by molar-refractivity contribution is 4.98. The third kappa shape index (κ3) is 4.71. The summed E-state index contributed by atoms with van der Waals surface area (Å²) in [6, 6.07) is 0.688. The molecule has 0 aromatic carbocycles. The van der Waals surface area contributed by atoms with Gasteiger partial charge in [-0.25, -0.2) is 0 Å². The molecule has 3 nitrogen and oxygen atoms in total. The fraction of sp³-hybridized carbons (Fsp3) is 1.00. The van der Waals surface area contributed by atoms with Gasteiger partial charge in [-0.05, 0) is 53.0 Å². The van der Waals surface area contributed by atoms with Gasteiger partial charge in [-0.15, -0.1) is 0 Å². The summed E-state index contributed by atoms with van der Waals surface area (Å²) >= 11 is 0. The van der Waals surface area contributed by atoms with E-state index in [9.17, 15) is 0 Å². The minimum Gasteiger partial charge on any atom is -0.379 e. The Bertz CT molecular complexity index is 274. The van der Waals surface area contributed by atoms with E-state index in [4.69, 9.17) is 4.74 Å². The van der Waals surface area contributed by atoms with Gasteiger partial charge >= 0.3 is 0 Å². The maximum absolute atomic E-state index is 5.64. The van der Waals surface area contributed by atoms with Crippen LogP contribution in [0.4, 0.5) is 0 Å². The number of rotatable bonds is 6. The Morgan fingerprint density at radius 2 is 1.95 bits per heavy atom. The molecular weight excluding hydrogens is 248 g/mol. The van der Waals surface area contributed by atoms with Crippen molar-refractivity contribution in [1.82, 2.24) is 10.2 Å². The summed E-state index contributed by atoms with van der Waals surface area (Å²) in [5.41, 5.74) is 0.444. The van der Waals surface area contributed by atoms with Crippen molar-refractivity contribution in [3.63, 3.8) is 0 Å². The highest BCUT2D eigenvalue weighted by Crippen LogP contribution is 2.31. The van der Waals surface area contributed by atoms with Gasteiger partial charge in [0.1, 0.15) is 0 Å². The topological polar surface area (TPSA) is 24.5 Å². The number of nitrogens with zero attached hydrogens (tertiary/aromatic N) is 1. The molecule has 1 spiro atoms. The van der Waals surface area contributed by atoms with Gasteiger partial charge in [0.15, 0.2) is 0 Å². The molecule has 0 amide bonds. The van der Waals surface area contributed by atoms with Crippen molar-refractivity contribution >= 4 is 0 Å². The zero-order chi connectivity index (χ0) is 14.4. The van der Waals surface area contributed by atoms with Crippen molar-refractivity contribution in [2.24, 2.45) is 0 Å². The van der Waals surface area contributed by atoms with E-state index in [0.717, 1.165) is 6.61 Å². The van der Waals surface area contributed by atoms with E-state index in [1.165, 1.54) is 64.6 Å². The molecule has 0 radical (unpaired) electrons. The van der Waals surface area contributed by atoms with Gasteiger partial charge in [0, 0.05) is 31.3 Å². The molecule has 0 aromatic rings. The molecule has 1 saturated carbocycles. The van der Waals surface area contributed by atoms with Crippen LogP contribution in [0.15, 0.2) is 0 Å². The summed E-state index contributed by atoms with van der Waals surface area (Å²) in [6.07, 6.45) is 9.87. The second-order valence-corrected chi connectivity index (χ2v) is 7.17. The highest BCUT2D eigenvalue weighted by Gasteiger charge is 2.38. The van der Waals surface area contributed by atoms with Crippen molar-refractivity contribution in [2.75, 3.05) is 26.2 Å². The fourth-order valence-electron chi connectivity index (χ4n) is 3.69. The number of hydrogen-bond donors (Lipinski definition) is 1. The largest absolute Gasteiger partial charge is 0.379 e. The van der Waals surface area contributed by atoms with E-state index in [-0.39, 0.29) is 0 Å². The second kappa shape index (κ2) is 7.77. The molecule has 20 heavy (non-hydrogen) atoms. The van der Waals surface area contributed by atoms with Crippen LogP contribution in [0.25, 0.3) is 0 Å². The van der Waals surface area contributed by atoms with Crippen LogP contribution in [0.1, 0.15) is 65.7 Å². The Balaban J connectivity index is 1.71. The van der Waals surface area contributed by atoms with Gasteiger partial charge < -0.3 is 10.1 Å². The van der Waals surface area contributed by atoms with Gasteiger partial charge in [-0.1, -0.05) is 19.3 Å². The Morgan fingerprint density at radius 3 is 2.65 bits per heavy atom. The van der Waals surface area contributed by atoms with Crippen molar-refractivity contribution in [1.29, 1.82) is 0 Å². The lowest BCUT2D eigenvalue weighted by atomic mass is 9.79. The maximum atomic E-state index is 5.64. The highest BCUT2D eigenvalue weighted by atomic mass is 16.5. The number of ether oxygens (including phenoxy) is 1. The zero-order valence-electron chi connectivity index (χ0n) is 13.8. The Hall–Kier alpha value is -0.120. The predicted molar refractivity (Wildman–Crippen MR) is 85.2 cm³/mol. The molecular formula is C17H34N2O. The van der Waals surface area contributed by atoms with E-state index in [1.54, 1.807) is 0 Å². The summed E-state index contributed by atoms with van der Waals surface area (Å²) in [7, 11) is 0. The van der Waals surface area contributed by atoms with Gasteiger partial charge in [-0.3, -0.25) is 4.90 Å². The smallest absolute Gasteiger partial charge is 0.0518 e. The summed E-state index contributed by atoms with van der Waals surface area (Å²) < 4.78 is 5.64. The van der Waals surface area contributed by atoms with Crippen LogP contribution in [-0.2, 0) is 4.74 Å². The summed E-state index contributed by atoms with van der Waals surface area (Å²) in [5.74, 6) is 0. The molecule has 1 unspecified atom stereocenters. The van der Waals surface area contributed by atoms with Crippen LogP contribution in [0.2, 0.25) is 0 Å². The SMILES string of the molecule is CC(C)OCCCCN1CC2(CCCCC2)NCC1C. The van der Waals surface area contributed by atoms with E-state index in [0.29, 0.717) is 17.7 Å². The first-order valence-electron chi connectivity index (χ1n) is 8.72. The Morgan fingerprint density at radius 1 is 1.20 bits per heavy atom. The molecule has 118 valence electrons. The molecule has 2 rings (SSSR count). The molecule has 1 aliphatic carbocycles. The van der Waals surface area contributed by atoms with Crippen LogP contribution >= 0.6 is 0 Å². The number of piperazine rings is 1. The summed E-state index contributed by atoms with van der Waals surface area (Å²) in [6.45, 7) is 11.2. The van der Waals surface area contributed by atoms with Crippen molar-refractivity contribution < 1.29 is 4.74 Å². The molecule has 1 N–H and O–H groups in total. The molecule has 1 atom stereocenters. The van der Waals surface area contributed by atoms with E-state index in [2.05, 4.69) is 31.0 Å². The minimum atomic E-state index is 0.374. The van der Waals surface area contributed by atoms with E-state index in [1.807, 2.05) is 0 Å². The molecule has 0 bridgehead atoms. The molecule has 3 heteroatoms. The van der Waals surface area contributed by atoms with Gasteiger partial charge in [0.2, 0.25) is 0 Å². The maximum Gasteiger partial charge on any atom is 0.0518 e. The van der Waals surface area contributed by atoms with Gasteiger partial charge in [-0.2, -0.15) is 0 Å². The third-order valence-electron chi connectivity index (χ3n) is 5.00.